The maximum atomic E-state index is 6.50. The summed E-state index contributed by atoms with van der Waals surface area (Å²) in [6.45, 7) is 0. The predicted octanol–water partition coefficient (Wildman–Crippen LogP) is 3.08. The zero-order chi connectivity index (χ0) is 9.60. The lowest BCUT2D eigenvalue weighted by atomic mass is 9.65. The van der Waals surface area contributed by atoms with Gasteiger partial charge in [-0.1, -0.05) is 25.7 Å². The molecule has 3 fully saturated rings. The summed E-state index contributed by atoms with van der Waals surface area (Å²) in [5, 5.41) is 0. The highest BCUT2D eigenvalue weighted by Crippen LogP contribution is 2.60. The van der Waals surface area contributed by atoms with Gasteiger partial charge in [-0.05, 0) is 49.4 Å². The van der Waals surface area contributed by atoms with Crippen molar-refractivity contribution in [1.29, 1.82) is 0 Å². The molecule has 14 heavy (non-hydrogen) atoms. The van der Waals surface area contributed by atoms with E-state index in [2.05, 4.69) is 0 Å². The van der Waals surface area contributed by atoms with Crippen LogP contribution in [0.2, 0.25) is 0 Å². The summed E-state index contributed by atoms with van der Waals surface area (Å²) in [5.74, 6) is 1.92. The first-order chi connectivity index (χ1) is 6.83. The van der Waals surface area contributed by atoms with Crippen LogP contribution in [0, 0.1) is 17.3 Å². The molecule has 1 spiro atoms. The van der Waals surface area contributed by atoms with E-state index in [1.807, 2.05) is 0 Å². The Morgan fingerprint density at radius 2 is 1.64 bits per heavy atom. The summed E-state index contributed by atoms with van der Waals surface area (Å²) in [4.78, 5) is 0. The van der Waals surface area contributed by atoms with Crippen LogP contribution in [0.5, 0.6) is 0 Å². The van der Waals surface area contributed by atoms with Gasteiger partial charge in [-0.3, -0.25) is 0 Å². The third-order valence-electron chi connectivity index (χ3n) is 5.49. The molecule has 0 aliphatic heterocycles. The van der Waals surface area contributed by atoms with Gasteiger partial charge in [0.15, 0.2) is 0 Å². The monoisotopic (exact) mass is 193 g/mol. The van der Waals surface area contributed by atoms with Gasteiger partial charge in [0.25, 0.3) is 0 Å². The maximum absolute atomic E-state index is 6.50. The number of fused-ring (bicyclic) bond motifs is 3. The molecular weight excluding hydrogens is 170 g/mol. The average Bonchev–Trinajstić information content (AvgIpc) is 2.66. The average molecular weight is 193 g/mol. The fourth-order valence-corrected chi connectivity index (χ4v) is 4.73. The van der Waals surface area contributed by atoms with Crippen molar-refractivity contribution in [1.82, 2.24) is 0 Å². The number of hydrogen-bond acceptors (Lipinski definition) is 1. The van der Waals surface area contributed by atoms with Crippen molar-refractivity contribution >= 4 is 0 Å². The fraction of sp³-hybridized carbons (Fsp3) is 1.00. The largest absolute Gasteiger partial charge is 0.327 e. The van der Waals surface area contributed by atoms with Crippen LogP contribution < -0.4 is 5.73 Å². The molecule has 2 bridgehead atoms. The van der Waals surface area contributed by atoms with E-state index in [9.17, 15) is 0 Å². The normalized spacial score (nSPS) is 45.6. The van der Waals surface area contributed by atoms with Crippen LogP contribution in [0.15, 0.2) is 0 Å². The molecule has 3 rings (SSSR count). The number of nitrogens with two attached hydrogens (primary N) is 1. The highest BCUT2D eigenvalue weighted by molar-refractivity contribution is 5.08. The van der Waals surface area contributed by atoms with E-state index in [1.165, 1.54) is 57.8 Å². The van der Waals surface area contributed by atoms with E-state index < -0.39 is 0 Å². The lowest BCUT2D eigenvalue weighted by Crippen LogP contribution is -2.46. The molecular formula is C13H23N. The predicted molar refractivity (Wildman–Crippen MR) is 58.9 cm³/mol. The third-order valence-corrected chi connectivity index (χ3v) is 5.49. The molecule has 0 aromatic rings. The number of hydrogen-bond donors (Lipinski definition) is 1. The lowest BCUT2D eigenvalue weighted by molar-refractivity contribution is 0.108. The van der Waals surface area contributed by atoms with E-state index in [1.54, 1.807) is 0 Å². The Kier molecular flexibility index (Phi) is 2.12. The van der Waals surface area contributed by atoms with Crippen molar-refractivity contribution < 1.29 is 0 Å². The van der Waals surface area contributed by atoms with Gasteiger partial charge in [-0.25, -0.2) is 0 Å². The molecule has 1 nitrogen and oxygen atoms in total. The van der Waals surface area contributed by atoms with E-state index in [0.29, 0.717) is 11.5 Å². The Labute approximate surface area is 87.4 Å². The van der Waals surface area contributed by atoms with Crippen LogP contribution >= 0.6 is 0 Å². The fourth-order valence-electron chi connectivity index (χ4n) is 4.73. The van der Waals surface area contributed by atoms with Crippen molar-refractivity contribution in [2.45, 2.75) is 63.8 Å². The first-order valence-corrected chi connectivity index (χ1v) is 6.58. The van der Waals surface area contributed by atoms with Gasteiger partial charge in [0.2, 0.25) is 0 Å². The summed E-state index contributed by atoms with van der Waals surface area (Å²) < 4.78 is 0. The Bertz CT molecular complexity index is 211. The van der Waals surface area contributed by atoms with Gasteiger partial charge in [0, 0.05) is 6.04 Å². The minimum absolute atomic E-state index is 0.569. The van der Waals surface area contributed by atoms with Crippen LogP contribution in [-0.4, -0.2) is 6.04 Å². The second-order valence-corrected chi connectivity index (χ2v) is 5.94. The van der Waals surface area contributed by atoms with Crippen molar-refractivity contribution in [3.63, 3.8) is 0 Å². The third kappa shape index (κ3) is 1.11. The van der Waals surface area contributed by atoms with Crippen LogP contribution in [0.1, 0.15) is 57.8 Å². The summed E-state index contributed by atoms with van der Waals surface area (Å²) in [6, 6.07) is 0.569. The highest BCUT2D eigenvalue weighted by atomic mass is 14.8. The molecule has 3 atom stereocenters. The van der Waals surface area contributed by atoms with Crippen LogP contribution in [0.25, 0.3) is 0 Å². The molecule has 80 valence electrons. The Balaban J connectivity index is 1.86. The summed E-state index contributed by atoms with van der Waals surface area (Å²) >= 11 is 0. The van der Waals surface area contributed by atoms with E-state index >= 15 is 0 Å². The van der Waals surface area contributed by atoms with Crippen LogP contribution in [0.4, 0.5) is 0 Å². The SMILES string of the molecule is N[C@@H]1[C@@H]2CC[C@@H](C2)C12CCCCCC2. The van der Waals surface area contributed by atoms with Crippen molar-refractivity contribution in [2.75, 3.05) is 0 Å². The lowest BCUT2D eigenvalue weighted by Gasteiger charge is -2.42. The van der Waals surface area contributed by atoms with Crippen molar-refractivity contribution in [2.24, 2.45) is 23.0 Å². The zero-order valence-corrected chi connectivity index (χ0v) is 9.17. The second kappa shape index (κ2) is 3.23. The van der Waals surface area contributed by atoms with Gasteiger partial charge in [0.1, 0.15) is 0 Å². The Morgan fingerprint density at radius 1 is 0.929 bits per heavy atom. The molecule has 0 saturated heterocycles. The van der Waals surface area contributed by atoms with Gasteiger partial charge in [-0.2, -0.15) is 0 Å². The zero-order valence-electron chi connectivity index (χ0n) is 9.17. The molecule has 2 N–H and O–H groups in total. The minimum Gasteiger partial charge on any atom is -0.327 e. The van der Waals surface area contributed by atoms with E-state index in [4.69, 9.17) is 5.73 Å². The Hall–Kier alpha value is -0.0400. The van der Waals surface area contributed by atoms with Crippen molar-refractivity contribution in [3.8, 4) is 0 Å². The molecule has 0 amide bonds. The van der Waals surface area contributed by atoms with Crippen LogP contribution in [0.3, 0.4) is 0 Å². The number of rotatable bonds is 0. The van der Waals surface area contributed by atoms with E-state index in [0.717, 1.165) is 11.8 Å². The summed E-state index contributed by atoms with van der Waals surface area (Å²) in [5.41, 5.74) is 7.11. The van der Waals surface area contributed by atoms with Gasteiger partial charge in [0.05, 0.1) is 0 Å². The molecule has 3 aliphatic carbocycles. The maximum Gasteiger partial charge on any atom is 0.0127 e. The first-order valence-electron chi connectivity index (χ1n) is 6.58. The Morgan fingerprint density at radius 3 is 2.21 bits per heavy atom. The van der Waals surface area contributed by atoms with Crippen LogP contribution in [-0.2, 0) is 0 Å². The molecule has 3 saturated carbocycles. The second-order valence-electron chi connectivity index (χ2n) is 5.94. The van der Waals surface area contributed by atoms with E-state index in [-0.39, 0.29) is 0 Å². The molecule has 3 aliphatic rings. The standard InChI is InChI=1S/C13H23N/c14-12-10-5-6-11(9-10)13(12)7-3-1-2-4-8-13/h10-12H,1-9,14H2/t10-,11+,12-/m1/s1. The van der Waals surface area contributed by atoms with Gasteiger partial charge < -0.3 is 5.73 Å². The molecule has 0 aromatic carbocycles. The summed E-state index contributed by atoms with van der Waals surface area (Å²) in [7, 11) is 0. The van der Waals surface area contributed by atoms with Crippen molar-refractivity contribution in [3.05, 3.63) is 0 Å². The molecule has 0 heterocycles. The highest BCUT2D eigenvalue weighted by Gasteiger charge is 2.55. The first kappa shape index (κ1) is 9.21. The minimum atomic E-state index is 0.569. The molecule has 1 heteroatoms. The quantitative estimate of drug-likeness (QED) is 0.628. The molecule has 0 unspecified atom stereocenters. The van der Waals surface area contributed by atoms with Gasteiger partial charge >= 0.3 is 0 Å². The molecule has 0 radical (unpaired) electrons. The molecule has 0 aromatic heterocycles. The summed E-state index contributed by atoms with van der Waals surface area (Å²) in [6.07, 6.45) is 13.2. The smallest absolute Gasteiger partial charge is 0.0127 e. The van der Waals surface area contributed by atoms with Gasteiger partial charge in [-0.15, -0.1) is 0 Å². The topological polar surface area (TPSA) is 26.0 Å².